The van der Waals surface area contributed by atoms with Gasteiger partial charge in [-0.3, -0.25) is 4.79 Å². The van der Waals surface area contributed by atoms with Gasteiger partial charge >= 0.3 is 5.51 Å². The van der Waals surface area contributed by atoms with Crippen molar-refractivity contribution in [2.75, 3.05) is 29.9 Å². The molecule has 1 aromatic heterocycles. The summed E-state index contributed by atoms with van der Waals surface area (Å²) in [6, 6.07) is 15.1. The molecule has 7 nitrogen and oxygen atoms in total. The van der Waals surface area contributed by atoms with Crippen LogP contribution in [0.15, 0.2) is 59.5 Å². The molecule has 11 heteroatoms. The Morgan fingerprint density at radius 1 is 0.976 bits per heavy atom. The van der Waals surface area contributed by atoms with Crippen LogP contribution in [0.25, 0.3) is 10.9 Å². The molecule has 0 bridgehead atoms. The molecule has 2 fully saturated rings. The van der Waals surface area contributed by atoms with Crippen LogP contribution < -0.4 is 10.2 Å². The average molecular weight is 590 g/mol. The van der Waals surface area contributed by atoms with E-state index in [4.69, 9.17) is 9.72 Å². The molecule has 1 N–H and O–H groups in total. The second kappa shape index (κ2) is 12.0. The monoisotopic (exact) mass is 589 g/mol. The van der Waals surface area contributed by atoms with Crippen molar-refractivity contribution >= 4 is 38.0 Å². The molecular formula is C30H34F3N3O4S. The number of halogens is 3. The van der Waals surface area contributed by atoms with Crippen molar-refractivity contribution in [2.24, 2.45) is 5.92 Å². The van der Waals surface area contributed by atoms with Crippen LogP contribution >= 0.6 is 0 Å². The van der Waals surface area contributed by atoms with Gasteiger partial charge in [0.1, 0.15) is 12.4 Å². The fourth-order valence-corrected chi connectivity index (χ4v) is 6.39. The number of aromatic nitrogens is 1. The molecule has 0 atom stereocenters. The predicted octanol–water partition coefficient (Wildman–Crippen LogP) is 6.06. The molecule has 0 amide bonds. The number of benzene rings is 2. The highest BCUT2D eigenvalue weighted by molar-refractivity contribution is 7.92. The quantitative estimate of drug-likeness (QED) is 0.342. The highest BCUT2D eigenvalue weighted by Gasteiger charge is 2.46. The van der Waals surface area contributed by atoms with E-state index in [9.17, 15) is 26.4 Å². The maximum atomic E-state index is 12.9. The Bertz CT molecular complexity index is 1480. The molecule has 0 radical (unpaired) electrons. The van der Waals surface area contributed by atoms with Crippen LogP contribution in [0.2, 0.25) is 0 Å². The van der Waals surface area contributed by atoms with E-state index in [1.165, 1.54) is 17.7 Å². The number of sulfone groups is 1. The first-order valence-corrected chi connectivity index (χ1v) is 15.4. The number of hydrogen-bond donors (Lipinski definition) is 1. The third-order valence-electron chi connectivity index (χ3n) is 8.08. The fourth-order valence-electron chi connectivity index (χ4n) is 5.63. The van der Waals surface area contributed by atoms with Crippen molar-refractivity contribution in [3.63, 3.8) is 0 Å². The molecule has 0 spiro atoms. The zero-order valence-electron chi connectivity index (χ0n) is 22.9. The number of ketones is 1. The Morgan fingerprint density at radius 2 is 1.66 bits per heavy atom. The molecule has 2 aliphatic rings. The lowest BCUT2D eigenvalue weighted by molar-refractivity contribution is -0.130. The molecule has 3 aromatic rings. The number of ether oxygens (including phenoxy) is 1. The van der Waals surface area contributed by atoms with Crippen LogP contribution in [0.4, 0.5) is 24.7 Å². The molecule has 0 unspecified atom stereocenters. The predicted molar refractivity (Wildman–Crippen MR) is 152 cm³/mol. The first-order valence-electron chi connectivity index (χ1n) is 13.9. The van der Waals surface area contributed by atoms with E-state index in [0.717, 1.165) is 80.5 Å². The first kappa shape index (κ1) is 29.3. The van der Waals surface area contributed by atoms with Gasteiger partial charge in [-0.1, -0.05) is 11.6 Å². The molecule has 41 heavy (non-hydrogen) atoms. The fraction of sp³-hybridized carbons (Fsp3) is 0.467. The number of nitrogens with zero attached hydrogens (tertiary/aromatic N) is 2. The van der Waals surface area contributed by atoms with E-state index in [-0.39, 0.29) is 30.5 Å². The van der Waals surface area contributed by atoms with Crippen LogP contribution in [-0.2, 0) is 19.4 Å². The van der Waals surface area contributed by atoms with Crippen molar-refractivity contribution in [1.29, 1.82) is 0 Å². The topological polar surface area (TPSA) is 88.6 Å². The number of anilines is 2. The van der Waals surface area contributed by atoms with Crippen LogP contribution in [-0.4, -0.2) is 56.5 Å². The van der Waals surface area contributed by atoms with Gasteiger partial charge in [0.2, 0.25) is 0 Å². The van der Waals surface area contributed by atoms with E-state index >= 15 is 0 Å². The van der Waals surface area contributed by atoms with Gasteiger partial charge in [-0.25, -0.2) is 13.4 Å². The highest BCUT2D eigenvalue weighted by atomic mass is 32.2. The Kier molecular flexibility index (Phi) is 8.56. The summed E-state index contributed by atoms with van der Waals surface area (Å²) in [5.74, 6) is 1.06. The maximum Gasteiger partial charge on any atom is 0.501 e. The SMILES string of the molecule is Cc1ccc2nc(N3CCC(C(=O)COC4CCC(Nc5ccc(S(=O)(=O)C(F)(F)F)cc5)CC4)CC3)ccc2c1. The number of fused-ring (bicyclic) bond motifs is 1. The molecule has 1 aliphatic heterocycles. The number of alkyl halides is 3. The summed E-state index contributed by atoms with van der Waals surface area (Å²) >= 11 is 0. The number of aryl methyl sites for hydroxylation is 1. The molecule has 1 saturated carbocycles. The van der Waals surface area contributed by atoms with Gasteiger partial charge in [-0.15, -0.1) is 0 Å². The van der Waals surface area contributed by atoms with E-state index in [2.05, 4.69) is 35.3 Å². The molecule has 2 aromatic carbocycles. The lowest BCUT2D eigenvalue weighted by Gasteiger charge is -2.33. The molecule has 5 rings (SSSR count). The number of nitrogens with one attached hydrogen (secondary N) is 1. The molecule has 2 heterocycles. The van der Waals surface area contributed by atoms with Crippen LogP contribution in [0.3, 0.4) is 0 Å². The lowest BCUT2D eigenvalue weighted by atomic mass is 9.91. The average Bonchev–Trinajstić information content (AvgIpc) is 2.96. The number of Topliss-reactive ketones (excluding diaryl/α,β-unsaturated/α-hetero) is 1. The number of pyridine rings is 1. The van der Waals surface area contributed by atoms with Gasteiger partial charge in [0, 0.05) is 36.1 Å². The Labute approximate surface area is 238 Å². The third kappa shape index (κ3) is 6.83. The van der Waals surface area contributed by atoms with E-state index < -0.39 is 20.2 Å². The minimum absolute atomic E-state index is 0.0122. The van der Waals surface area contributed by atoms with Crippen molar-refractivity contribution in [1.82, 2.24) is 4.98 Å². The zero-order chi connectivity index (χ0) is 29.2. The minimum atomic E-state index is -5.36. The largest absolute Gasteiger partial charge is 0.501 e. The van der Waals surface area contributed by atoms with Crippen molar-refractivity contribution in [3.05, 3.63) is 60.2 Å². The summed E-state index contributed by atoms with van der Waals surface area (Å²) < 4.78 is 67.3. The van der Waals surface area contributed by atoms with Gasteiger partial charge in [0.25, 0.3) is 9.84 Å². The maximum absolute atomic E-state index is 12.9. The number of rotatable bonds is 8. The van der Waals surface area contributed by atoms with Crippen LogP contribution in [0.1, 0.15) is 44.1 Å². The standard InChI is InChI=1S/C30H34F3N3O4S/c1-20-2-12-27-22(18-20)3-13-29(35-27)36-16-14-21(15-17-36)28(37)19-40-25-8-4-23(5-9-25)34-24-6-10-26(11-7-24)41(38,39)30(31,32)33/h2-3,6-7,10-13,18,21,23,25,34H,4-5,8-9,14-17,19H2,1H3. The third-order valence-corrected chi connectivity index (χ3v) is 9.58. The van der Waals surface area contributed by atoms with E-state index in [0.29, 0.717) is 5.69 Å². The normalized spacial score (nSPS) is 20.7. The Hall–Kier alpha value is -3.18. The first-order chi connectivity index (χ1) is 19.5. The van der Waals surface area contributed by atoms with Gasteiger partial charge in [-0.2, -0.15) is 13.2 Å². The van der Waals surface area contributed by atoms with Crippen molar-refractivity contribution in [2.45, 2.75) is 68.0 Å². The Balaban J connectivity index is 1.03. The van der Waals surface area contributed by atoms with Gasteiger partial charge in [-0.05, 0) is 94.0 Å². The van der Waals surface area contributed by atoms with Gasteiger partial charge < -0.3 is 15.0 Å². The smallest absolute Gasteiger partial charge is 0.382 e. The molecule has 1 saturated heterocycles. The number of carbonyl (C=O) groups excluding carboxylic acids is 1. The van der Waals surface area contributed by atoms with Crippen molar-refractivity contribution in [3.8, 4) is 0 Å². The van der Waals surface area contributed by atoms with E-state index in [1.54, 1.807) is 0 Å². The summed E-state index contributed by atoms with van der Waals surface area (Å²) in [4.78, 5) is 19.1. The highest BCUT2D eigenvalue weighted by Crippen LogP contribution is 2.32. The summed E-state index contributed by atoms with van der Waals surface area (Å²) in [6.07, 6.45) is 4.61. The van der Waals surface area contributed by atoms with E-state index in [1.807, 2.05) is 12.1 Å². The summed E-state index contributed by atoms with van der Waals surface area (Å²) in [5, 5.41) is 4.38. The zero-order valence-corrected chi connectivity index (χ0v) is 23.7. The minimum Gasteiger partial charge on any atom is -0.382 e. The van der Waals surface area contributed by atoms with Crippen LogP contribution in [0, 0.1) is 12.8 Å². The number of piperidine rings is 1. The van der Waals surface area contributed by atoms with Crippen LogP contribution in [0.5, 0.6) is 0 Å². The van der Waals surface area contributed by atoms with Gasteiger partial charge in [0.15, 0.2) is 5.78 Å². The van der Waals surface area contributed by atoms with Gasteiger partial charge in [0.05, 0.1) is 16.5 Å². The number of carbonyl (C=O) groups is 1. The second-order valence-corrected chi connectivity index (χ2v) is 12.9. The Morgan fingerprint density at radius 3 is 2.32 bits per heavy atom. The lowest BCUT2D eigenvalue weighted by Crippen LogP contribution is -2.38. The van der Waals surface area contributed by atoms with Crippen molar-refractivity contribution < 1.29 is 31.1 Å². The number of hydrogen-bond acceptors (Lipinski definition) is 7. The summed E-state index contributed by atoms with van der Waals surface area (Å²) in [5.41, 5.74) is -2.59. The summed E-state index contributed by atoms with van der Waals surface area (Å²) in [6.45, 7) is 3.73. The molecule has 1 aliphatic carbocycles. The molecular weight excluding hydrogens is 555 g/mol. The molecule has 220 valence electrons. The summed E-state index contributed by atoms with van der Waals surface area (Å²) in [7, 11) is -5.36. The second-order valence-electron chi connectivity index (χ2n) is 11.0.